The zero-order valence-electron chi connectivity index (χ0n) is 16.5. The van der Waals surface area contributed by atoms with Crippen LogP contribution in [-0.2, 0) is 4.79 Å². The Labute approximate surface area is 186 Å². The average molecular weight is 457 g/mol. The maximum atomic E-state index is 12.5. The second-order valence-corrected chi connectivity index (χ2v) is 8.18. The molecule has 0 saturated carbocycles. The van der Waals surface area contributed by atoms with Crippen LogP contribution in [0.25, 0.3) is 0 Å². The van der Waals surface area contributed by atoms with Crippen molar-refractivity contribution in [2.24, 2.45) is 0 Å². The zero-order chi connectivity index (χ0) is 21.0. The number of benzene rings is 2. The van der Waals surface area contributed by atoms with Gasteiger partial charge in [0, 0.05) is 31.2 Å². The van der Waals surface area contributed by atoms with E-state index < -0.39 is 0 Å². The Hall–Kier alpha value is -1.66. The Morgan fingerprint density at radius 3 is 2.48 bits per heavy atom. The summed E-state index contributed by atoms with van der Waals surface area (Å²) in [5.74, 6) is 0.166. The summed E-state index contributed by atoms with van der Waals surface area (Å²) in [4.78, 5) is 17.1. The predicted molar refractivity (Wildman–Crippen MR) is 121 cm³/mol. The first-order valence-electron chi connectivity index (χ1n) is 9.53. The number of carbonyl (C=O) groups excluding carboxylic acids is 1. The van der Waals surface area contributed by atoms with Crippen molar-refractivity contribution >= 4 is 52.1 Å². The largest absolute Gasteiger partial charge is 0.482 e. The fourth-order valence-electron chi connectivity index (χ4n) is 3.42. The number of hydrogen-bond acceptors (Lipinski definition) is 4. The van der Waals surface area contributed by atoms with Crippen molar-refractivity contribution in [3.63, 3.8) is 0 Å². The number of nitrogens with zero attached hydrogens (tertiary/aromatic N) is 2. The van der Waals surface area contributed by atoms with Crippen molar-refractivity contribution in [3.8, 4) is 5.75 Å². The molecule has 1 fully saturated rings. The molecule has 1 N–H and O–H groups in total. The summed E-state index contributed by atoms with van der Waals surface area (Å²) in [5, 5.41) is 4.44. The summed E-state index contributed by atoms with van der Waals surface area (Å²) in [6, 6.07) is 8.85. The summed E-state index contributed by atoms with van der Waals surface area (Å²) in [5.41, 5.74) is 2.29. The van der Waals surface area contributed by atoms with E-state index >= 15 is 0 Å². The van der Waals surface area contributed by atoms with Gasteiger partial charge in [0.25, 0.3) is 5.91 Å². The van der Waals surface area contributed by atoms with Crippen molar-refractivity contribution in [2.75, 3.05) is 49.5 Å². The van der Waals surface area contributed by atoms with E-state index in [1.807, 2.05) is 25.1 Å². The molecule has 5 nitrogen and oxygen atoms in total. The van der Waals surface area contributed by atoms with Crippen LogP contribution in [0.2, 0.25) is 15.1 Å². The molecule has 1 amide bonds. The maximum absolute atomic E-state index is 12.5. The van der Waals surface area contributed by atoms with Crippen molar-refractivity contribution in [1.82, 2.24) is 4.90 Å². The van der Waals surface area contributed by atoms with E-state index in [4.69, 9.17) is 39.5 Å². The third-order valence-corrected chi connectivity index (χ3v) is 5.74. The van der Waals surface area contributed by atoms with Crippen LogP contribution >= 0.6 is 34.8 Å². The van der Waals surface area contributed by atoms with Gasteiger partial charge in [-0.1, -0.05) is 47.8 Å². The number of hydrogen-bond donors (Lipinski definition) is 1. The summed E-state index contributed by atoms with van der Waals surface area (Å²) < 4.78 is 5.64. The average Bonchev–Trinajstić information content (AvgIpc) is 2.67. The van der Waals surface area contributed by atoms with Crippen molar-refractivity contribution in [2.45, 2.75) is 13.8 Å². The molecule has 2 aromatic rings. The first kappa shape index (κ1) is 22.0. The molecule has 2 aromatic carbocycles. The lowest BCUT2D eigenvalue weighted by Gasteiger charge is -2.36. The highest BCUT2D eigenvalue weighted by Crippen LogP contribution is 2.35. The number of carbonyl (C=O) groups is 1. The van der Waals surface area contributed by atoms with Gasteiger partial charge in [-0.25, -0.2) is 0 Å². The van der Waals surface area contributed by atoms with Crippen LogP contribution in [0.15, 0.2) is 30.3 Å². The fraction of sp³-hybridized carbons (Fsp3) is 0.381. The number of amides is 1. The van der Waals surface area contributed by atoms with Gasteiger partial charge in [-0.15, -0.1) is 0 Å². The summed E-state index contributed by atoms with van der Waals surface area (Å²) >= 11 is 18.6. The molecular formula is C21H24Cl3N3O2. The van der Waals surface area contributed by atoms with E-state index in [2.05, 4.69) is 22.0 Å². The summed E-state index contributed by atoms with van der Waals surface area (Å²) in [6.07, 6.45) is 0. The summed E-state index contributed by atoms with van der Waals surface area (Å²) in [7, 11) is 0. The van der Waals surface area contributed by atoms with Crippen LogP contribution in [0.1, 0.15) is 12.5 Å². The van der Waals surface area contributed by atoms with E-state index in [9.17, 15) is 4.79 Å². The molecule has 0 aromatic heterocycles. The van der Waals surface area contributed by atoms with Crippen molar-refractivity contribution in [3.05, 3.63) is 51.0 Å². The minimum Gasteiger partial charge on any atom is -0.482 e. The van der Waals surface area contributed by atoms with Crippen LogP contribution in [0.4, 0.5) is 11.4 Å². The molecule has 0 unspecified atom stereocenters. The maximum Gasteiger partial charge on any atom is 0.262 e. The number of halogens is 3. The Morgan fingerprint density at radius 2 is 1.83 bits per heavy atom. The van der Waals surface area contributed by atoms with Gasteiger partial charge >= 0.3 is 0 Å². The molecular weight excluding hydrogens is 433 g/mol. The quantitative estimate of drug-likeness (QED) is 0.656. The topological polar surface area (TPSA) is 44.8 Å². The van der Waals surface area contributed by atoms with Gasteiger partial charge in [0.15, 0.2) is 6.61 Å². The molecule has 0 spiro atoms. The lowest BCUT2D eigenvalue weighted by Crippen LogP contribution is -2.46. The number of para-hydroxylation sites is 1. The molecule has 29 heavy (non-hydrogen) atoms. The van der Waals surface area contributed by atoms with Gasteiger partial charge in [0.05, 0.1) is 21.4 Å². The number of rotatable bonds is 6. The Kier molecular flexibility index (Phi) is 7.52. The van der Waals surface area contributed by atoms with E-state index in [1.165, 1.54) is 0 Å². The molecule has 1 aliphatic heterocycles. The van der Waals surface area contributed by atoms with E-state index in [-0.39, 0.29) is 12.5 Å². The third-order valence-electron chi connectivity index (χ3n) is 4.94. The second kappa shape index (κ2) is 9.90. The fourth-order valence-corrected chi connectivity index (χ4v) is 4.36. The highest BCUT2D eigenvalue weighted by molar-refractivity contribution is 6.35. The molecule has 0 radical (unpaired) electrons. The van der Waals surface area contributed by atoms with Crippen LogP contribution in [-0.4, -0.2) is 50.1 Å². The van der Waals surface area contributed by atoms with Gasteiger partial charge in [-0.05, 0) is 43.3 Å². The predicted octanol–water partition coefficient (Wildman–Crippen LogP) is 5.11. The number of likely N-dealkylation sites (N-methyl/N-ethyl adjacent to an activating group) is 1. The molecule has 1 aliphatic rings. The van der Waals surface area contributed by atoms with Crippen molar-refractivity contribution < 1.29 is 9.53 Å². The van der Waals surface area contributed by atoms with Gasteiger partial charge in [-0.3, -0.25) is 4.79 Å². The molecule has 156 valence electrons. The Morgan fingerprint density at radius 1 is 1.10 bits per heavy atom. The van der Waals surface area contributed by atoms with Gasteiger partial charge in [0.2, 0.25) is 0 Å². The van der Waals surface area contributed by atoms with Crippen molar-refractivity contribution in [1.29, 1.82) is 0 Å². The smallest absolute Gasteiger partial charge is 0.262 e. The van der Waals surface area contributed by atoms with E-state index in [1.54, 1.807) is 12.1 Å². The molecule has 0 bridgehead atoms. The Bertz CT molecular complexity index is 860. The van der Waals surface area contributed by atoms with Gasteiger partial charge in [0.1, 0.15) is 5.75 Å². The molecule has 1 heterocycles. The van der Waals surface area contributed by atoms with Crippen LogP contribution in [0.3, 0.4) is 0 Å². The number of ether oxygens (including phenoxy) is 1. The molecule has 0 atom stereocenters. The highest BCUT2D eigenvalue weighted by Gasteiger charge is 2.21. The van der Waals surface area contributed by atoms with Gasteiger partial charge < -0.3 is 19.9 Å². The first-order chi connectivity index (χ1) is 13.9. The molecule has 1 saturated heterocycles. The zero-order valence-corrected chi connectivity index (χ0v) is 18.7. The Balaban J connectivity index is 1.69. The minimum absolute atomic E-state index is 0.169. The molecule has 0 aliphatic carbocycles. The first-order valence-corrected chi connectivity index (χ1v) is 10.7. The number of aryl methyl sites for hydroxylation is 1. The standard InChI is InChI=1S/C21H24Cl3N3O2/c1-3-26-7-9-27(10-8-26)20-16(23)5-4-6-18(20)25-19(28)13-29-21-14(2)11-15(22)12-17(21)24/h4-6,11-12H,3,7-10,13H2,1-2H3,(H,25,28). The normalized spacial score (nSPS) is 14.7. The molecule has 8 heteroatoms. The van der Waals surface area contributed by atoms with Crippen LogP contribution in [0, 0.1) is 6.92 Å². The van der Waals surface area contributed by atoms with Crippen LogP contribution < -0.4 is 15.0 Å². The monoisotopic (exact) mass is 455 g/mol. The summed E-state index contributed by atoms with van der Waals surface area (Å²) in [6.45, 7) is 8.50. The highest BCUT2D eigenvalue weighted by atomic mass is 35.5. The second-order valence-electron chi connectivity index (χ2n) is 6.93. The number of nitrogens with one attached hydrogen (secondary N) is 1. The minimum atomic E-state index is -0.286. The lowest BCUT2D eigenvalue weighted by atomic mass is 10.2. The van der Waals surface area contributed by atoms with E-state index in [0.717, 1.165) is 44.0 Å². The van der Waals surface area contributed by atoms with Gasteiger partial charge in [-0.2, -0.15) is 0 Å². The SMILES string of the molecule is CCN1CCN(c2c(Cl)cccc2NC(=O)COc2c(C)cc(Cl)cc2Cl)CC1. The van der Waals surface area contributed by atoms with E-state index in [0.29, 0.717) is 26.5 Å². The molecule has 3 rings (SSSR count). The number of anilines is 2. The van der Waals surface area contributed by atoms with Crippen LogP contribution in [0.5, 0.6) is 5.75 Å². The number of piperazine rings is 1. The lowest BCUT2D eigenvalue weighted by molar-refractivity contribution is -0.118. The third kappa shape index (κ3) is 5.48.